The van der Waals surface area contributed by atoms with Gasteiger partial charge < -0.3 is 39.0 Å². The minimum absolute atomic E-state index is 0. The number of benzene rings is 2. The number of nitrogens with zero attached hydrogens (tertiary/aromatic N) is 5. The summed E-state index contributed by atoms with van der Waals surface area (Å²) in [6, 6.07) is 17.8. The van der Waals surface area contributed by atoms with Gasteiger partial charge in [0, 0.05) is 44.7 Å². The highest BCUT2D eigenvalue weighted by Crippen LogP contribution is 2.14. The zero-order valence-electron chi connectivity index (χ0n) is 28.6. The third-order valence-electron chi connectivity index (χ3n) is 8.37. The van der Waals surface area contributed by atoms with E-state index in [0.717, 1.165) is 39.1 Å². The minimum Gasteiger partial charge on any atom is -1.00 e. The summed E-state index contributed by atoms with van der Waals surface area (Å²) in [7, 11) is 3.52. The van der Waals surface area contributed by atoms with Crippen LogP contribution in [0.4, 0.5) is 0 Å². The van der Waals surface area contributed by atoms with E-state index in [0.29, 0.717) is 24.4 Å². The summed E-state index contributed by atoms with van der Waals surface area (Å²) in [5.41, 5.74) is 5.44. The lowest BCUT2D eigenvalue weighted by atomic mass is 10.1. The zero-order chi connectivity index (χ0) is 32.6. The number of halogens is 2. The number of ether oxygens (including phenoxy) is 1. The molecule has 0 N–H and O–H groups in total. The van der Waals surface area contributed by atoms with Crippen molar-refractivity contribution in [1.29, 1.82) is 0 Å². The highest BCUT2D eigenvalue weighted by atomic mass is 79.9. The average Bonchev–Trinajstić information content (AvgIpc) is 3.71. The Morgan fingerprint density at radius 1 is 0.938 bits per heavy atom. The number of rotatable bonds is 15. The summed E-state index contributed by atoms with van der Waals surface area (Å²) >= 11 is 1.71. The number of methoxy groups -OCH3 is 1. The first-order valence-electron chi connectivity index (χ1n) is 16.6. The van der Waals surface area contributed by atoms with Crippen LogP contribution in [-0.2, 0) is 37.9 Å². The smallest absolute Gasteiger partial charge is 0.288 e. The lowest BCUT2D eigenvalue weighted by molar-refractivity contribution is -0.687. The van der Waals surface area contributed by atoms with Gasteiger partial charge in [-0.15, -0.1) is 0 Å². The van der Waals surface area contributed by atoms with E-state index in [1.54, 1.807) is 30.6 Å². The Hall–Kier alpha value is -3.05. The van der Waals surface area contributed by atoms with E-state index in [-0.39, 0.29) is 41.1 Å². The van der Waals surface area contributed by atoms with Gasteiger partial charge in [-0.3, -0.25) is 14.5 Å². The molecule has 0 radical (unpaired) electrons. The van der Waals surface area contributed by atoms with Gasteiger partial charge in [-0.2, -0.15) is 4.57 Å². The fraction of sp³-hybridized carbons (Fsp3) is 0.459. The maximum absolute atomic E-state index is 12.8. The fourth-order valence-electron chi connectivity index (χ4n) is 5.64. The standard InChI is InChI=1S/C24H36N3OS.C13H15N2O2.BrH.ClH/c1-2-3-4-5-6-10-13-23-20-29-21-27(23)19-24(28)26-16-14-25(15-17-26)18-22-11-8-7-9-12-22;1-14-6-7-15(10-14)9-13(16)11-4-3-5-12(8-11)17-2;;/h7-9,11-12,20-21H,2-6,10,13-19H2,1H3;3-8,10H,9H2,1-2H3;2*1H/q2*+1;;/p-2. The predicted molar refractivity (Wildman–Crippen MR) is 183 cm³/mol. The van der Waals surface area contributed by atoms with Crippen molar-refractivity contribution < 1.29 is 52.8 Å². The number of imidazole rings is 1. The molecule has 0 bridgehead atoms. The Morgan fingerprint density at radius 3 is 2.35 bits per heavy atom. The molecule has 1 saturated heterocycles. The molecule has 5 rings (SSSR count). The Bertz CT molecular complexity index is 1490. The molecule has 1 amide bonds. The number of carbonyl (C=O) groups excluding carboxylic acids is 2. The van der Waals surface area contributed by atoms with Gasteiger partial charge in [-0.25, -0.2) is 9.13 Å². The summed E-state index contributed by atoms with van der Waals surface area (Å²) in [5.74, 6) is 1.03. The van der Waals surface area contributed by atoms with Crippen molar-refractivity contribution in [3.8, 4) is 5.75 Å². The Balaban J connectivity index is 0.000000361. The van der Waals surface area contributed by atoms with Crippen LogP contribution in [0.2, 0.25) is 0 Å². The highest BCUT2D eigenvalue weighted by molar-refractivity contribution is 7.07. The Morgan fingerprint density at radius 2 is 1.67 bits per heavy atom. The van der Waals surface area contributed by atoms with Crippen LogP contribution in [0.15, 0.2) is 84.2 Å². The van der Waals surface area contributed by atoms with Crippen LogP contribution in [0.1, 0.15) is 67.1 Å². The third kappa shape index (κ3) is 13.8. The maximum Gasteiger partial charge on any atom is 0.288 e. The number of unbranched alkanes of at least 4 members (excludes halogenated alkanes) is 5. The number of amides is 1. The summed E-state index contributed by atoms with van der Waals surface area (Å²) in [6.45, 7) is 7.66. The molecular formula is C37H51BrClN5O3S. The number of hydrogen-bond acceptors (Lipinski definition) is 5. The monoisotopic (exact) mass is 759 g/mol. The Kier molecular flexibility index (Phi) is 19.3. The van der Waals surface area contributed by atoms with Gasteiger partial charge in [0.05, 0.1) is 19.5 Å². The predicted octanol–water partition coefficient (Wildman–Crippen LogP) is -0.505. The molecule has 2 aromatic heterocycles. The fourth-order valence-corrected chi connectivity index (χ4v) is 6.47. The van der Waals surface area contributed by atoms with E-state index in [4.69, 9.17) is 4.74 Å². The lowest BCUT2D eigenvalue weighted by Crippen LogP contribution is -3.00. The van der Waals surface area contributed by atoms with Crippen LogP contribution in [0.3, 0.4) is 0 Å². The second kappa shape index (κ2) is 22.6. The SMILES string of the molecule is CCCCCCCCc1csc[n+]1CC(=O)N1CCN(Cc2ccccc2)CC1.COc1cccc(C(=O)Cn2cc[n+](C)c2)c1.[Br-].[Cl-]. The largest absolute Gasteiger partial charge is 1.00 e. The molecule has 262 valence electrons. The normalized spacial score (nSPS) is 12.7. The number of thiazole rings is 1. The van der Waals surface area contributed by atoms with Crippen molar-refractivity contribution in [3.05, 3.63) is 101 Å². The van der Waals surface area contributed by atoms with Crippen molar-refractivity contribution in [2.75, 3.05) is 33.3 Å². The van der Waals surface area contributed by atoms with E-state index < -0.39 is 0 Å². The number of aromatic nitrogens is 3. The molecule has 0 atom stereocenters. The molecule has 0 aliphatic carbocycles. The van der Waals surface area contributed by atoms with Crippen LogP contribution in [0.5, 0.6) is 5.75 Å². The first kappa shape index (κ1) is 41.1. The van der Waals surface area contributed by atoms with Crippen LogP contribution < -0.4 is 43.3 Å². The highest BCUT2D eigenvalue weighted by Gasteiger charge is 2.25. The molecule has 1 aliphatic rings. The van der Waals surface area contributed by atoms with E-state index in [1.807, 2.05) is 51.9 Å². The summed E-state index contributed by atoms with van der Waals surface area (Å²) in [4.78, 5) is 29.3. The topological polar surface area (TPSA) is 62.5 Å². The van der Waals surface area contributed by atoms with E-state index in [9.17, 15) is 9.59 Å². The molecule has 3 heterocycles. The van der Waals surface area contributed by atoms with Crippen LogP contribution in [0, 0.1) is 0 Å². The molecule has 1 fully saturated rings. The van der Waals surface area contributed by atoms with Gasteiger partial charge in [0.25, 0.3) is 5.91 Å². The molecule has 0 saturated carbocycles. The maximum atomic E-state index is 12.8. The van der Waals surface area contributed by atoms with Crippen molar-refractivity contribution >= 4 is 23.0 Å². The van der Waals surface area contributed by atoms with Gasteiger partial charge in [0.1, 0.15) is 18.1 Å². The van der Waals surface area contributed by atoms with Gasteiger partial charge in [-0.1, -0.05) is 92.8 Å². The molecular weight excluding hydrogens is 710 g/mol. The molecule has 2 aromatic carbocycles. The summed E-state index contributed by atoms with van der Waals surface area (Å²) in [5, 5.41) is 2.22. The van der Waals surface area contributed by atoms with Crippen molar-refractivity contribution in [2.45, 2.75) is 71.5 Å². The van der Waals surface area contributed by atoms with Crippen molar-refractivity contribution in [1.82, 2.24) is 14.4 Å². The number of aryl methyl sites for hydroxylation is 2. The first-order valence-corrected chi connectivity index (χ1v) is 17.6. The molecule has 48 heavy (non-hydrogen) atoms. The van der Waals surface area contributed by atoms with Crippen molar-refractivity contribution in [2.24, 2.45) is 7.05 Å². The van der Waals surface area contributed by atoms with Gasteiger partial charge in [-0.05, 0) is 24.1 Å². The summed E-state index contributed by atoms with van der Waals surface area (Å²) < 4.78 is 11.0. The molecule has 11 heteroatoms. The second-order valence-electron chi connectivity index (χ2n) is 12.0. The molecule has 4 aromatic rings. The number of carbonyl (C=O) groups is 2. The van der Waals surface area contributed by atoms with Crippen LogP contribution in [0.25, 0.3) is 0 Å². The number of hydrogen-bond donors (Lipinski definition) is 0. The first-order chi connectivity index (χ1) is 22.4. The van der Waals surface area contributed by atoms with Crippen LogP contribution in [-0.4, -0.2) is 59.3 Å². The molecule has 8 nitrogen and oxygen atoms in total. The average molecular weight is 761 g/mol. The lowest BCUT2D eigenvalue weighted by Gasteiger charge is -2.34. The summed E-state index contributed by atoms with van der Waals surface area (Å²) in [6.07, 6.45) is 14.6. The quantitative estimate of drug-likeness (QED) is 0.0933. The second-order valence-corrected chi connectivity index (χ2v) is 12.8. The minimum atomic E-state index is 0. The van der Waals surface area contributed by atoms with Gasteiger partial charge in [0.15, 0.2) is 12.2 Å². The van der Waals surface area contributed by atoms with Gasteiger partial charge in [0.2, 0.25) is 24.2 Å². The van der Waals surface area contributed by atoms with E-state index in [2.05, 4.69) is 57.6 Å². The van der Waals surface area contributed by atoms with Crippen molar-refractivity contribution in [3.63, 3.8) is 0 Å². The zero-order valence-corrected chi connectivity index (χ0v) is 31.8. The number of piperazine rings is 1. The van der Waals surface area contributed by atoms with E-state index >= 15 is 0 Å². The van der Waals surface area contributed by atoms with Crippen LogP contribution >= 0.6 is 11.3 Å². The number of Topliss-reactive ketones (excluding diaryl/α,β-unsaturated/α-hetero) is 1. The molecule has 0 spiro atoms. The Labute approximate surface area is 307 Å². The molecule has 0 unspecified atom stereocenters. The number of ketones is 1. The molecule has 1 aliphatic heterocycles. The third-order valence-corrected chi connectivity index (χ3v) is 9.15. The van der Waals surface area contributed by atoms with E-state index in [1.165, 1.54) is 49.8 Å². The van der Waals surface area contributed by atoms with Gasteiger partial charge >= 0.3 is 0 Å².